The molecule has 0 aromatic carbocycles. The van der Waals surface area contributed by atoms with Crippen LogP contribution in [0.25, 0.3) is 0 Å². The van der Waals surface area contributed by atoms with Crippen LogP contribution in [0.1, 0.15) is 26.2 Å². The van der Waals surface area contributed by atoms with Crippen molar-refractivity contribution in [2.45, 2.75) is 31.7 Å². The van der Waals surface area contributed by atoms with Crippen LogP contribution in [0.3, 0.4) is 0 Å². The number of nitrogens with one attached hydrogen (secondary N) is 1. The first-order valence-electron chi connectivity index (χ1n) is 7.48. The molecule has 0 bridgehead atoms. The first kappa shape index (κ1) is 14.3. The third-order valence-corrected chi connectivity index (χ3v) is 4.65. The Labute approximate surface area is 111 Å². The van der Waals surface area contributed by atoms with Gasteiger partial charge in [0.05, 0.1) is 12.1 Å². The SMILES string of the molecule is CCCN1CCN(CC(CO)(NC)C2CC2)CC1. The summed E-state index contributed by atoms with van der Waals surface area (Å²) in [5.74, 6) is 0.682. The molecule has 2 N–H and O–H groups in total. The molecule has 1 atom stereocenters. The second-order valence-electron chi connectivity index (χ2n) is 5.96. The standard InChI is InChI=1S/C14H29N3O/c1-3-6-16-7-9-17(10-8-16)11-14(12-18,15-2)13-4-5-13/h13,15,18H,3-12H2,1-2H3. The molecule has 106 valence electrons. The van der Waals surface area contributed by atoms with Gasteiger partial charge < -0.3 is 15.3 Å². The topological polar surface area (TPSA) is 38.7 Å². The van der Waals surface area contributed by atoms with Crippen molar-refractivity contribution in [3.8, 4) is 0 Å². The van der Waals surface area contributed by atoms with E-state index in [4.69, 9.17) is 0 Å². The lowest BCUT2D eigenvalue weighted by Gasteiger charge is -2.41. The van der Waals surface area contributed by atoms with E-state index in [1.54, 1.807) is 0 Å². The van der Waals surface area contributed by atoms with Crippen molar-refractivity contribution in [2.24, 2.45) is 5.92 Å². The fraction of sp³-hybridized carbons (Fsp3) is 1.00. The monoisotopic (exact) mass is 255 g/mol. The Morgan fingerprint density at radius 1 is 1.17 bits per heavy atom. The van der Waals surface area contributed by atoms with E-state index in [1.807, 2.05) is 7.05 Å². The van der Waals surface area contributed by atoms with E-state index < -0.39 is 0 Å². The van der Waals surface area contributed by atoms with Crippen molar-refractivity contribution in [1.29, 1.82) is 0 Å². The van der Waals surface area contributed by atoms with E-state index in [1.165, 1.54) is 38.9 Å². The second-order valence-corrected chi connectivity index (χ2v) is 5.96. The van der Waals surface area contributed by atoms with Crippen LogP contribution < -0.4 is 5.32 Å². The van der Waals surface area contributed by atoms with Crippen molar-refractivity contribution in [3.05, 3.63) is 0 Å². The molecule has 0 spiro atoms. The van der Waals surface area contributed by atoms with Gasteiger partial charge in [-0.1, -0.05) is 6.92 Å². The Kier molecular flexibility index (Phi) is 5.01. The fourth-order valence-electron chi connectivity index (χ4n) is 3.19. The summed E-state index contributed by atoms with van der Waals surface area (Å²) >= 11 is 0. The number of rotatable bonds is 7. The Bertz CT molecular complexity index is 243. The summed E-state index contributed by atoms with van der Waals surface area (Å²) in [4.78, 5) is 5.07. The van der Waals surface area contributed by atoms with Crippen LogP contribution in [0.2, 0.25) is 0 Å². The molecule has 2 aliphatic rings. The molecular weight excluding hydrogens is 226 g/mol. The number of aliphatic hydroxyl groups is 1. The lowest BCUT2D eigenvalue weighted by molar-refractivity contribution is 0.0640. The molecule has 0 aromatic heterocycles. The molecule has 1 aliphatic carbocycles. The third-order valence-electron chi connectivity index (χ3n) is 4.65. The lowest BCUT2D eigenvalue weighted by Crippen LogP contribution is -2.59. The minimum absolute atomic E-state index is 0.0487. The Morgan fingerprint density at radius 2 is 1.78 bits per heavy atom. The summed E-state index contributed by atoms with van der Waals surface area (Å²) in [5, 5.41) is 13.2. The molecule has 18 heavy (non-hydrogen) atoms. The normalized spacial score (nSPS) is 26.2. The zero-order valence-electron chi connectivity index (χ0n) is 12.0. The van der Waals surface area contributed by atoms with Gasteiger partial charge in [0.25, 0.3) is 0 Å². The van der Waals surface area contributed by atoms with Gasteiger partial charge in [-0.15, -0.1) is 0 Å². The first-order valence-corrected chi connectivity index (χ1v) is 7.48. The molecule has 1 saturated carbocycles. The maximum absolute atomic E-state index is 9.75. The van der Waals surface area contributed by atoms with Crippen LogP contribution in [0.5, 0.6) is 0 Å². The highest BCUT2D eigenvalue weighted by atomic mass is 16.3. The minimum atomic E-state index is -0.0487. The van der Waals surface area contributed by atoms with Gasteiger partial charge in [0.15, 0.2) is 0 Å². The highest BCUT2D eigenvalue weighted by Crippen LogP contribution is 2.39. The second kappa shape index (κ2) is 6.33. The van der Waals surface area contributed by atoms with E-state index in [-0.39, 0.29) is 12.1 Å². The average Bonchev–Trinajstić information content (AvgIpc) is 3.23. The van der Waals surface area contributed by atoms with E-state index >= 15 is 0 Å². The van der Waals surface area contributed by atoms with Crippen molar-refractivity contribution >= 4 is 0 Å². The predicted molar refractivity (Wildman–Crippen MR) is 74.8 cm³/mol. The van der Waals surface area contributed by atoms with E-state index in [0.717, 1.165) is 19.6 Å². The summed E-state index contributed by atoms with van der Waals surface area (Å²) < 4.78 is 0. The van der Waals surface area contributed by atoms with Crippen molar-refractivity contribution in [2.75, 3.05) is 52.9 Å². The molecule has 0 radical (unpaired) electrons. The maximum Gasteiger partial charge on any atom is 0.0628 e. The molecule has 0 aromatic rings. The van der Waals surface area contributed by atoms with Gasteiger partial charge in [-0.2, -0.15) is 0 Å². The lowest BCUT2D eigenvalue weighted by atomic mass is 9.93. The van der Waals surface area contributed by atoms with E-state index in [2.05, 4.69) is 22.0 Å². The van der Waals surface area contributed by atoms with Crippen LogP contribution in [0.15, 0.2) is 0 Å². The van der Waals surface area contributed by atoms with Crippen LogP contribution in [0.4, 0.5) is 0 Å². The number of hydrogen-bond donors (Lipinski definition) is 2. The average molecular weight is 255 g/mol. The number of hydrogen-bond acceptors (Lipinski definition) is 4. The molecule has 1 unspecified atom stereocenters. The molecule has 1 aliphatic heterocycles. The van der Waals surface area contributed by atoms with Gasteiger partial charge in [0.1, 0.15) is 0 Å². The molecular formula is C14H29N3O. The van der Waals surface area contributed by atoms with Gasteiger partial charge >= 0.3 is 0 Å². The van der Waals surface area contributed by atoms with E-state index in [0.29, 0.717) is 5.92 Å². The number of nitrogens with zero attached hydrogens (tertiary/aromatic N) is 2. The van der Waals surface area contributed by atoms with Crippen LogP contribution in [-0.4, -0.2) is 73.4 Å². The Balaban J connectivity index is 1.82. The first-order chi connectivity index (χ1) is 8.74. The van der Waals surface area contributed by atoms with Crippen LogP contribution in [-0.2, 0) is 0 Å². The van der Waals surface area contributed by atoms with Gasteiger partial charge in [-0.05, 0) is 38.8 Å². The Hall–Kier alpha value is -0.160. The summed E-state index contributed by atoms with van der Waals surface area (Å²) in [6, 6.07) is 0. The van der Waals surface area contributed by atoms with Crippen LogP contribution >= 0.6 is 0 Å². The molecule has 1 saturated heterocycles. The van der Waals surface area contributed by atoms with Gasteiger partial charge in [-0.25, -0.2) is 0 Å². The van der Waals surface area contributed by atoms with Gasteiger partial charge in [0, 0.05) is 32.7 Å². The fourth-order valence-corrected chi connectivity index (χ4v) is 3.19. The highest BCUT2D eigenvalue weighted by Gasteiger charge is 2.44. The van der Waals surface area contributed by atoms with Crippen molar-refractivity contribution in [3.63, 3.8) is 0 Å². The predicted octanol–water partition coefficient (Wildman–Crippen LogP) is 0.375. The smallest absolute Gasteiger partial charge is 0.0628 e. The van der Waals surface area contributed by atoms with E-state index in [9.17, 15) is 5.11 Å². The zero-order chi connectivity index (χ0) is 13.0. The number of likely N-dealkylation sites (N-methyl/N-ethyl adjacent to an activating group) is 1. The zero-order valence-corrected chi connectivity index (χ0v) is 12.0. The summed E-state index contributed by atoms with van der Waals surface area (Å²) in [6.07, 6.45) is 3.80. The molecule has 4 nitrogen and oxygen atoms in total. The van der Waals surface area contributed by atoms with Gasteiger partial charge in [-0.3, -0.25) is 4.90 Å². The minimum Gasteiger partial charge on any atom is -0.394 e. The molecule has 0 amide bonds. The van der Waals surface area contributed by atoms with Gasteiger partial charge in [0.2, 0.25) is 0 Å². The molecule has 1 heterocycles. The summed E-state index contributed by atoms with van der Waals surface area (Å²) in [7, 11) is 2.00. The van der Waals surface area contributed by atoms with Crippen molar-refractivity contribution < 1.29 is 5.11 Å². The molecule has 2 rings (SSSR count). The number of aliphatic hydroxyl groups excluding tert-OH is 1. The van der Waals surface area contributed by atoms with Crippen molar-refractivity contribution in [1.82, 2.24) is 15.1 Å². The maximum atomic E-state index is 9.75. The highest BCUT2D eigenvalue weighted by molar-refractivity contribution is 5.02. The molecule has 4 heteroatoms. The summed E-state index contributed by atoms with van der Waals surface area (Å²) in [5.41, 5.74) is -0.0487. The number of piperazine rings is 1. The Morgan fingerprint density at radius 3 is 2.22 bits per heavy atom. The summed E-state index contributed by atoms with van der Waals surface area (Å²) in [6.45, 7) is 9.42. The largest absolute Gasteiger partial charge is 0.394 e. The third kappa shape index (κ3) is 3.23. The quantitative estimate of drug-likeness (QED) is 0.690. The molecule has 2 fully saturated rings. The van der Waals surface area contributed by atoms with Crippen LogP contribution in [0, 0.1) is 5.92 Å².